The Morgan fingerprint density at radius 3 is 2.48 bits per heavy atom. The number of alkyl carbamates (subject to hydrolysis) is 1. The maximum atomic E-state index is 12.9. The quantitative estimate of drug-likeness (QED) is 0.264. The topological polar surface area (TPSA) is 111 Å². The minimum Gasteiger partial charge on any atom is -0.467 e. The Kier molecular flexibility index (Phi) is 8.39. The molecule has 1 rings (SSSR count). The number of nitrogens with zero attached hydrogens (tertiary/aromatic N) is 1. The van der Waals surface area contributed by atoms with E-state index in [0.29, 0.717) is 25.8 Å². The third-order valence-electron chi connectivity index (χ3n) is 3.73. The van der Waals surface area contributed by atoms with Gasteiger partial charge in [0.1, 0.15) is 17.7 Å². The van der Waals surface area contributed by atoms with Crippen LogP contribution in [-0.2, 0) is 19.1 Å². The summed E-state index contributed by atoms with van der Waals surface area (Å²) >= 11 is 2.06. The summed E-state index contributed by atoms with van der Waals surface area (Å²) in [7, 11) is 1.30. The fourth-order valence-corrected chi connectivity index (χ4v) is 3.00. The van der Waals surface area contributed by atoms with Crippen molar-refractivity contribution in [3.05, 3.63) is 0 Å². The second-order valence-corrected chi connectivity index (χ2v) is 8.60. The van der Waals surface area contributed by atoms with Crippen molar-refractivity contribution < 1.29 is 23.9 Å². The molecule has 0 bridgehead atoms. The third-order valence-corrected chi connectivity index (χ3v) is 4.35. The normalized spacial score (nSPS) is 19.9. The van der Waals surface area contributed by atoms with Crippen LogP contribution in [0.15, 0.2) is 0 Å². The van der Waals surface area contributed by atoms with Gasteiger partial charge in [-0.3, -0.25) is 4.79 Å². The molecule has 3 N–H and O–H groups in total. The van der Waals surface area contributed by atoms with Gasteiger partial charge in [0.2, 0.25) is 5.91 Å². The lowest BCUT2D eigenvalue weighted by Crippen LogP contribution is -2.52. The first-order chi connectivity index (χ1) is 11.5. The molecule has 0 saturated carbocycles. The molecule has 3 atom stereocenters. The molecule has 1 heterocycles. The fourth-order valence-electron chi connectivity index (χ4n) is 2.64. The van der Waals surface area contributed by atoms with E-state index in [4.69, 9.17) is 15.2 Å². The molecule has 0 radical (unpaired) electrons. The molecule has 0 aromatic heterocycles. The van der Waals surface area contributed by atoms with E-state index in [1.807, 2.05) is 0 Å². The molecule has 1 saturated heterocycles. The monoisotopic (exact) mass is 469 g/mol. The van der Waals surface area contributed by atoms with E-state index in [2.05, 4.69) is 27.9 Å². The molecule has 0 spiro atoms. The van der Waals surface area contributed by atoms with Crippen molar-refractivity contribution in [2.24, 2.45) is 5.73 Å². The van der Waals surface area contributed by atoms with Gasteiger partial charge in [-0.2, -0.15) is 0 Å². The van der Waals surface area contributed by atoms with Crippen LogP contribution < -0.4 is 11.1 Å². The molecular weight excluding hydrogens is 441 g/mol. The summed E-state index contributed by atoms with van der Waals surface area (Å²) in [6.07, 6.45) is 1.53. The van der Waals surface area contributed by atoms with Gasteiger partial charge in [0, 0.05) is 6.54 Å². The standard InChI is InChI=1S/C16H28IN3O5/c1-16(2,3)25-15(23)19-10(7-8-12(17)18)13(21)20-9-5-6-11(20)14(22)24-4/h10-12H,5-9,18H2,1-4H3,(H,19,23). The molecule has 2 amide bonds. The van der Waals surface area contributed by atoms with Crippen LogP contribution in [0.5, 0.6) is 0 Å². The lowest BCUT2D eigenvalue weighted by Gasteiger charge is -2.29. The third kappa shape index (κ3) is 7.35. The summed E-state index contributed by atoms with van der Waals surface area (Å²) in [6, 6.07) is -1.39. The second kappa shape index (κ2) is 9.56. The van der Waals surface area contributed by atoms with Gasteiger partial charge in [-0.25, -0.2) is 9.59 Å². The highest BCUT2D eigenvalue weighted by Crippen LogP contribution is 2.21. The number of rotatable bonds is 6. The molecule has 1 fully saturated rings. The average Bonchev–Trinajstić information content (AvgIpc) is 2.97. The minimum absolute atomic E-state index is 0.136. The number of carbonyl (C=O) groups is 3. The van der Waals surface area contributed by atoms with Crippen molar-refractivity contribution in [3.8, 4) is 0 Å². The predicted octanol–water partition coefficient (Wildman–Crippen LogP) is 1.54. The number of amides is 2. The van der Waals surface area contributed by atoms with Gasteiger partial charge in [0.15, 0.2) is 0 Å². The number of hydrogen-bond acceptors (Lipinski definition) is 6. The highest BCUT2D eigenvalue weighted by Gasteiger charge is 2.38. The first kappa shape index (κ1) is 21.9. The van der Waals surface area contributed by atoms with Crippen molar-refractivity contribution in [2.75, 3.05) is 13.7 Å². The molecule has 0 aliphatic carbocycles. The van der Waals surface area contributed by atoms with Crippen LogP contribution in [0, 0.1) is 0 Å². The second-order valence-electron chi connectivity index (χ2n) is 7.00. The average molecular weight is 469 g/mol. The van der Waals surface area contributed by atoms with Gasteiger partial charge in [0.05, 0.1) is 11.2 Å². The Bertz CT molecular complexity index is 493. The molecule has 3 unspecified atom stereocenters. The van der Waals surface area contributed by atoms with Gasteiger partial charge >= 0.3 is 12.1 Å². The number of carbonyl (C=O) groups excluding carboxylic acids is 3. The summed E-state index contributed by atoms with van der Waals surface area (Å²) in [4.78, 5) is 38.3. The van der Waals surface area contributed by atoms with Crippen LogP contribution in [0.2, 0.25) is 0 Å². The highest BCUT2D eigenvalue weighted by molar-refractivity contribution is 14.1. The Labute approximate surface area is 162 Å². The number of hydrogen-bond donors (Lipinski definition) is 2. The predicted molar refractivity (Wildman–Crippen MR) is 101 cm³/mol. The Hall–Kier alpha value is -1.10. The number of esters is 1. The number of halogens is 1. The lowest BCUT2D eigenvalue weighted by atomic mass is 10.1. The zero-order valence-corrected chi connectivity index (χ0v) is 17.4. The summed E-state index contributed by atoms with van der Waals surface area (Å²) in [5.74, 6) is -0.747. The van der Waals surface area contributed by atoms with E-state index in [1.54, 1.807) is 20.8 Å². The molecule has 25 heavy (non-hydrogen) atoms. The fraction of sp³-hybridized carbons (Fsp3) is 0.812. The van der Waals surface area contributed by atoms with Crippen LogP contribution in [0.25, 0.3) is 0 Å². The van der Waals surface area contributed by atoms with E-state index in [0.717, 1.165) is 6.42 Å². The molecule has 144 valence electrons. The van der Waals surface area contributed by atoms with Crippen molar-refractivity contribution >= 4 is 40.6 Å². The van der Waals surface area contributed by atoms with Crippen LogP contribution in [0.3, 0.4) is 0 Å². The van der Waals surface area contributed by atoms with Crippen LogP contribution in [0.4, 0.5) is 4.79 Å². The molecule has 9 heteroatoms. The summed E-state index contributed by atoms with van der Waals surface area (Å²) in [5.41, 5.74) is 5.10. The highest BCUT2D eigenvalue weighted by atomic mass is 127. The Morgan fingerprint density at radius 2 is 1.96 bits per heavy atom. The molecular formula is C16H28IN3O5. The van der Waals surface area contributed by atoms with Crippen LogP contribution >= 0.6 is 22.6 Å². The number of nitrogens with one attached hydrogen (secondary N) is 1. The smallest absolute Gasteiger partial charge is 0.408 e. The van der Waals surface area contributed by atoms with Gasteiger partial charge in [-0.1, -0.05) is 22.6 Å². The summed E-state index contributed by atoms with van der Waals surface area (Å²) in [5, 5.41) is 2.62. The number of alkyl halides is 1. The van der Waals surface area contributed by atoms with Crippen molar-refractivity contribution in [1.29, 1.82) is 0 Å². The first-order valence-electron chi connectivity index (χ1n) is 8.32. The molecule has 1 aliphatic rings. The maximum absolute atomic E-state index is 12.9. The van der Waals surface area contributed by atoms with Crippen molar-refractivity contribution in [1.82, 2.24) is 10.2 Å². The van der Waals surface area contributed by atoms with E-state index in [9.17, 15) is 14.4 Å². The van der Waals surface area contributed by atoms with Gasteiger partial charge in [-0.15, -0.1) is 0 Å². The molecule has 0 aromatic rings. The Balaban J connectivity index is 2.84. The van der Waals surface area contributed by atoms with Crippen molar-refractivity contribution in [2.45, 2.75) is 68.2 Å². The SMILES string of the molecule is COC(=O)C1CCCN1C(=O)C(CCC(N)I)NC(=O)OC(C)(C)C. The minimum atomic E-state index is -0.791. The van der Waals surface area contributed by atoms with E-state index >= 15 is 0 Å². The molecule has 8 nitrogen and oxygen atoms in total. The summed E-state index contributed by atoms with van der Waals surface area (Å²) in [6.45, 7) is 5.70. The van der Waals surface area contributed by atoms with E-state index in [-0.39, 0.29) is 9.96 Å². The largest absolute Gasteiger partial charge is 0.467 e. The lowest BCUT2D eigenvalue weighted by molar-refractivity contribution is -0.151. The van der Waals surface area contributed by atoms with Gasteiger partial charge < -0.3 is 25.4 Å². The number of likely N-dealkylation sites (tertiary alicyclic amines) is 1. The van der Waals surface area contributed by atoms with Gasteiger partial charge in [0.25, 0.3) is 0 Å². The van der Waals surface area contributed by atoms with E-state index < -0.39 is 29.7 Å². The maximum Gasteiger partial charge on any atom is 0.408 e. The number of methoxy groups -OCH3 is 1. The molecule has 1 aliphatic heterocycles. The first-order valence-corrected chi connectivity index (χ1v) is 9.57. The Morgan fingerprint density at radius 1 is 1.32 bits per heavy atom. The zero-order chi connectivity index (χ0) is 19.2. The van der Waals surface area contributed by atoms with Crippen molar-refractivity contribution in [3.63, 3.8) is 0 Å². The molecule has 0 aromatic carbocycles. The van der Waals surface area contributed by atoms with E-state index in [1.165, 1.54) is 12.0 Å². The van der Waals surface area contributed by atoms with Gasteiger partial charge in [-0.05, 0) is 46.5 Å². The summed E-state index contributed by atoms with van der Waals surface area (Å²) < 4.78 is 9.88. The number of nitrogens with two attached hydrogens (primary N) is 1. The van der Waals surface area contributed by atoms with Crippen LogP contribution in [-0.4, -0.2) is 58.3 Å². The zero-order valence-electron chi connectivity index (χ0n) is 15.2. The number of ether oxygens (including phenoxy) is 2. The van der Waals surface area contributed by atoms with Crippen LogP contribution in [0.1, 0.15) is 46.5 Å².